The Morgan fingerprint density at radius 1 is 0.404 bits per heavy atom. The van der Waals surface area contributed by atoms with Crippen molar-refractivity contribution in [1.29, 1.82) is 0 Å². The van der Waals surface area contributed by atoms with Gasteiger partial charge in [0.25, 0.3) is 0 Å². The highest BCUT2D eigenvalue weighted by atomic mass is 16.6. The van der Waals surface area contributed by atoms with Crippen LogP contribution in [-0.4, -0.2) is 77.3 Å². The van der Waals surface area contributed by atoms with E-state index in [2.05, 4.69) is 97.1 Å². The number of hydrogen-bond donors (Lipinski definition) is 0. The summed E-state index contributed by atoms with van der Waals surface area (Å²) >= 11 is 0. The molecule has 0 amide bonds. The third-order valence-electron chi connectivity index (χ3n) is 8.92. The Morgan fingerprint density at radius 3 is 0.957 bits per heavy atom. The Balaban J connectivity index is 1.12. The molecule has 0 N–H and O–H groups in total. The van der Waals surface area contributed by atoms with Crippen molar-refractivity contribution in [3.8, 4) is 23.0 Å². The summed E-state index contributed by atoms with van der Waals surface area (Å²) in [6.45, 7) is 5.51. The molecule has 4 aliphatic rings. The predicted molar refractivity (Wildman–Crippen MR) is 175 cm³/mol. The second-order valence-corrected chi connectivity index (χ2v) is 12.6. The van der Waals surface area contributed by atoms with Crippen molar-refractivity contribution in [2.75, 3.05) is 52.9 Å². The van der Waals surface area contributed by atoms with Gasteiger partial charge < -0.3 is 37.9 Å². The van der Waals surface area contributed by atoms with Crippen molar-refractivity contribution in [2.45, 2.75) is 42.7 Å². The van der Waals surface area contributed by atoms with Crippen molar-refractivity contribution in [1.82, 2.24) is 0 Å². The summed E-state index contributed by atoms with van der Waals surface area (Å²) in [5.74, 6) is 3.35. The number of benzene rings is 4. The molecule has 4 aliphatic heterocycles. The monoisotopic (exact) mass is 636 g/mol. The average Bonchev–Trinajstić information content (AvgIpc) is 3.93. The molecular weight excluding hydrogens is 596 g/mol. The summed E-state index contributed by atoms with van der Waals surface area (Å²) in [5.41, 5.74) is 4.73. The molecule has 0 radical (unpaired) electrons. The van der Waals surface area contributed by atoms with E-state index in [0.717, 1.165) is 55.8 Å². The minimum Gasteiger partial charge on any atom is -0.493 e. The van der Waals surface area contributed by atoms with E-state index < -0.39 is 0 Å². The molecule has 8 nitrogen and oxygen atoms in total. The molecule has 5 unspecified atom stereocenters. The number of rotatable bonds is 18. The van der Waals surface area contributed by atoms with Crippen molar-refractivity contribution >= 4 is 0 Å². The maximum atomic E-state index is 6.06. The second-order valence-electron chi connectivity index (χ2n) is 12.6. The molecule has 4 aromatic rings. The Morgan fingerprint density at radius 2 is 0.681 bits per heavy atom. The molecule has 5 atom stereocenters. The van der Waals surface area contributed by atoms with Gasteiger partial charge in [0.05, 0.1) is 39.1 Å². The van der Waals surface area contributed by atoms with Gasteiger partial charge in [-0.15, -0.1) is 0 Å². The number of hydrogen-bond acceptors (Lipinski definition) is 8. The molecule has 0 aromatic heterocycles. The van der Waals surface area contributed by atoms with Crippen LogP contribution in [0.4, 0.5) is 0 Å². The molecule has 0 saturated carbocycles. The predicted octanol–water partition coefficient (Wildman–Crippen LogP) is 6.15. The molecule has 8 heteroatoms. The van der Waals surface area contributed by atoms with Crippen LogP contribution in [0.2, 0.25) is 0 Å². The first-order valence-corrected chi connectivity index (χ1v) is 16.6. The lowest BCUT2D eigenvalue weighted by Crippen LogP contribution is -2.15. The Kier molecular flexibility index (Phi) is 8.99. The SMILES string of the molecule is c1cc(C(c2ccc(OCC3CO3)cc2)C(c2ccc(OCC3CO3)cc2)c2ccc(OCC3CO3)cc2)ccc1OCCC1CO1. The number of ether oxygens (including phenoxy) is 8. The zero-order chi connectivity index (χ0) is 31.4. The van der Waals surface area contributed by atoms with Gasteiger partial charge in [-0.3, -0.25) is 0 Å². The molecule has 4 saturated heterocycles. The van der Waals surface area contributed by atoms with Gasteiger partial charge in [0, 0.05) is 18.3 Å². The zero-order valence-corrected chi connectivity index (χ0v) is 26.3. The van der Waals surface area contributed by atoms with Gasteiger partial charge in [0.15, 0.2) is 0 Å². The van der Waals surface area contributed by atoms with Crippen LogP contribution in [0.25, 0.3) is 0 Å². The highest BCUT2D eigenvalue weighted by molar-refractivity contribution is 5.48. The van der Waals surface area contributed by atoms with Crippen molar-refractivity contribution in [3.05, 3.63) is 119 Å². The fourth-order valence-electron chi connectivity index (χ4n) is 5.84. The van der Waals surface area contributed by atoms with E-state index in [-0.39, 0.29) is 30.1 Å². The summed E-state index contributed by atoms with van der Waals surface area (Å²) in [7, 11) is 0. The van der Waals surface area contributed by atoms with Crippen LogP contribution in [0, 0.1) is 0 Å². The maximum Gasteiger partial charge on any atom is 0.119 e. The largest absolute Gasteiger partial charge is 0.493 e. The quantitative estimate of drug-likeness (QED) is 0.120. The third kappa shape index (κ3) is 8.45. The molecule has 0 bridgehead atoms. The van der Waals surface area contributed by atoms with Crippen LogP contribution in [0.5, 0.6) is 23.0 Å². The number of epoxide rings is 4. The first kappa shape index (κ1) is 30.3. The molecule has 244 valence electrons. The minimum atomic E-state index is -0.0120. The van der Waals surface area contributed by atoms with Gasteiger partial charge >= 0.3 is 0 Å². The maximum absolute atomic E-state index is 6.06. The van der Waals surface area contributed by atoms with Crippen LogP contribution in [0.15, 0.2) is 97.1 Å². The van der Waals surface area contributed by atoms with E-state index in [4.69, 9.17) is 37.9 Å². The molecule has 8 rings (SSSR count). The van der Waals surface area contributed by atoms with Crippen LogP contribution in [-0.2, 0) is 18.9 Å². The Hall–Kier alpha value is -4.08. The molecule has 47 heavy (non-hydrogen) atoms. The lowest BCUT2D eigenvalue weighted by molar-refractivity contribution is 0.263. The molecule has 4 heterocycles. The van der Waals surface area contributed by atoms with Gasteiger partial charge in [0.2, 0.25) is 0 Å². The Bertz CT molecular complexity index is 1510. The minimum absolute atomic E-state index is 0.0111. The highest BCUT2D eigenvalue weighted by Crippen LogP contribution is 2.44. The molecule has 0 spiro atoms. The van der Waals surface area contributed by atoms with Gasteiger partial charge in [0.1, 0.15) is 61.1 Å². The van der Waals surface area contributed by atoms with Gasteiger partial charge in [-0.1, -0.05) is 48.5 Å². The van der Waals surface area contributed by atoms with Crippen molar-refractivity contribution in [3.63, 3.8) is 0 Å². The fourth-order valence-corrected chi connectivity index (χ4v) is 5.84. The smallest absolute Gasteiger partial charge is 0.119 e. The molecule has 4 fully saturated rings. The lowest BCUT2D eigenvalue weighted by Gasteiger charge is -2.30. The normalized spacial score (nSPS) is 23.3. The Labute approximate surface area is 275 Å². The molecular formula is C39H40O8. The van der Waals surface area contributed by atoms with E-state index in [1.54, 1.807) is 0 Å². The van der Waals surface area contributed by atoms with E-state index in [9.17, 15) is 0 Å². The van der Waals surface area contributed by atoms with E-state index in [0.29, 0.717) is 32.5 Å². The summed E-state index contributed by atoms with van der Waals surface area (Å²) in [6, 6.07) is 34.0. The summed E-state index contributed by atoms with van der Waals surface area (Å²) < 4.78 is 45.4. The molecule has 0 aliphatic carbocycles. The first-order chi connectivity index (χ1) is 23.2. The summed E-state index contributed by atoms with van der Waals surface area (Å²) in [5, 5.41) is 0. The molecule has 4 aromatic carbocycles. The topological polar surface area (TPSA) is 87.0 Å². The van der Waals surface area contributed by atoms with Crippen molar-refractivity contribution < 1.29 is 37.9 Å². The van der Waals surface area contributed by atoms with Gasteiger partial charge in [-0.25, -0.2) is 0 Å². The fraction of sp³-hybridized carbons (Fsp3) is 0.385. The van der Waals surface area contributed by atoms with Crippen LogP contribution >= 0.6 is 0 Å². The van der Waals surface area contributed by atoms with Gasteiger partial charge in [-0.2, -0.15) is 0 Å². The summed E-state index contributed by atoms with van der Waals surface area (Å²) in [4.78, 5) is 0. The van der Waals surface area contributed by atoms with E-state index in [1.165, 1.54) is 22.3 Å². The van der Waals surface area contributed by atoms with Crippen molar-refractivity contribution in [2.24, 2.45) is 0 Å². The first-order valence-electron chi connectivity index (χ1n) is 16.6. The van der Waals surface area contributed by atoms with Crippen LogP contribution in [0.1, 0.15) is 40.5 Å². The van der Waals surface area contributed by atoms with Crippen LogP contribution < -0.4 is 18.9 Å². The zero-order valence-electron chi connectivity index (χ0n) is 26.3. The highest BCUT2D eigenvalue weighted by Gasteiger charge is 2.30. The second kappa shape index (κ2) is 14.0. The van der Waals surface area contributed by atoms with E-state index in [1.807, 2.05) is 0 Å². The summed E-state index contributed by atoms with van der Waals surface area (Å²) in [6.07, 6.45) is 1.88. The lowest BCUT2D eigenvalue weighted by atomic mass is 9.73. The van der Waals surface area contributed by atoms with Crippen LogP contribution in [0.3, 0.4) is 0 Å². The standard InChI is InChI=1S/C39H40O8/c1-9-30(40-18-17-34-19-44-34)10-2-26(1)38(27-3-11-31(12-4-27)41-20-35-23-45-35)39(28-5-13-32(14-6-28)42-21-36-24-46-36)29-7-15-33(16-8-29)43-22-37-25-47-37/h1-16,34-39H,17-25H2. The third-order valence-corrected chi connectivity index (χ3v) is 8.92. The van der Waals surface area contributed by atoms with Gasteiger partial charge in [-0.05, 0) is 70.8 Å². The van der Waals surface area contributed by atoms with E-state index >= 15 is 0 Å². The average molecular weight is 637 g/mol.